The number of aliphatic carboxylic acids is 1. The second-order valence-corrected chi connectivity index (χ2v) is 9.02. The van der Waals surface area contributed by atoms with Crippen molar-refractivity contribution in [1.29, 1.82) is 0 Å². The predicted octanol–water partition coefficient (Wildman–Crippen LogP) is 5.74. The van der Waals surface area contributed by atoms with Crippen molar-refractivity contribution in [2.45, 2.75) is 46.1 Å². The zero-order valence-corrected chi connectivity index (χ0v) is 19.0. The SMILES string of the molecule is Cc1ccc(-c2c(-c3ccccc3)nn(C[C@H]3CC[C@H](COCC(=O)O)CC3)c2C)cc1. The van der Waals surface area contributed by atoms with Crippen LogP contribution in [0.5, 0.6) is 0 Å². The van der Waals surface area contributed by atoms with Crippen LogP contribution >= 0.6 is 0 Å². The highest BCUT2D eigenvalue weighted by Gasteiger charge is 2.24. The van der Waals surface area contributed by atoms with Gasteiger partial charge < -0.3 is 9.84 Å². The summed E-state index contributed by atoms with van der Waals surface area (Å²) in [7, 11) is 0. The second kappa shape index (κ2) is 10.1. The number of hydrogen-bond donors (Lipinski definition) is 1. The number of rotatable bonds is 8. The normalized spacial score (nSPS) is 18.6. The molecule has 0 unspecified atom stereocenters. The molecule has 0 spiro atoms. The van der Waals surface area contributed by atoms with Crippen molar-refractivity contribution in [3.63, 3.8) is 0 Å². The molecule has 1 heterocycles. The molecule has 4 rings (SSSR count). The van der Waals surface area contributed by atoms with Crippen molar-refractivity contribution in [3.8, 4) is 22.4 Å². The van der Waals surface area contributed by atoms with Gasteiger partial charge in [-0.1, -0.05) is 60.2 Å². The summed E-state index contributed by atoms with van der Waals surface area (Å²) < 4.78 is 7.51. The first-order valence-corrected chi connectivity index (χ1v) is 11.5. The first-order valence-electron chi connectivity index (χ1n) is 11.5. The molecule has 0 amide bonds. The minimum atomic E-state index is -0.897. The standard InChI is InChI=1S/C27H32N2O3/c1-19-8-14-23(15-9-19)26-20(2)29(28-27(26)24-6-4-3-5-7-24)16-21-10-12-22(13-11-21)17-32-18-25(30)31/h3-9,14-15,21-22H,10-13,16-18H2,1-2H3,(H,30,31)/t21-,22-. The Kier molecular flexibility index (Phi) is 7.05. The summed E-state index contributed by atoms with van der Waals surface area (Å²) in [5.41, 5.74) is 7.07. The molecule has 3 aromatic rings. The molecule has 0 atom stereocenters. The Labute approximate surface area is 190 Å². The van der Waals surface area contributed by atoms with E-state index in [1.807, 2.05) is 6.07 Å². The summed E-state index contributed by atoms with van der Waals surface area (Å²) in [5, 5.41) is 13.8. The lowest BCUT2D eigenvalue weighted by Crippen LogP contribution is -2.23. The molecule has 5 heteroatoms. The van der Waals surface area contributed by atoms with E-state index in [-0.39, 0.29) is 6.61 Å². The molecule has 168 valence electrons. The Morgan fingerprint density at radius 2 is 1.62 bits per heavy atom. The van der Waals surface area contributed by atoms with Crippen molar-refractivity contribution >= 4 is 5.97 Å². The fourth-order valence-corrected chi connectivity index (χ4v) is 4.73. The van der Waals surface area contributed by atoms with Crippen molar-refractivity contribution in [2.24, 2.45) is 11.8 Å². The lowest BCUT2D eigenvalue weighted by molar-refractivity contribution is -0.142. The van der Waals surface area contributed by atoms with E-state index in [1.165, 1.54) is 22.4 Å². The fourth-order valence-electron chi connectivity index (χ4n) is 4.73. The van der Waals surface area contributed by atoms with E-state index in [1.54, 1.807) is 0 Å². The van der Waals surface area contributed by atoms with Gasteiger partial charge in [0.2, 0.25) is 0 Å². The molecular weight excluding hydrogens is 400 g/mol. The van der Waals surface area contributed by atoms with Gasteiger partial charge in [0, 0.05) is 23.4 Å². The van der Waals surface area contributed by atoms with Crippen LogP contribution in [-0.2, 0) is 16.1 Å². The lowest BCUT2D eigenvalue weighted by Gasteiger charge is -2.28. The van der Waals surface area contributed by atoms with Crippen LogP contribution in [-0.4, -0.2) is 34.1 Å². The average Bonchev–Trinajstić information content (AvgIpc) is 3.12. The van der Waals surface area contributed by atoms with Gasteiger partial charge in [0.05, 0.1) is 6.61 Å². The Bertz CT molecular complexity index is 1030. The molecule has 0 bridgehead atoms. The quantitative estimate of drug-likeness (QED) is 0.493. The summed E-state index contributed by atoms with van der Waals surface area (Å²) in [6, 6.07) is 19.1. The van der Waals surface area contributed by atoms with Crippen LogP contribution in [0.1, 0.15) is 36.9 Å². The van der Waals surface area contributed by atoms with Crippen LogP contribution in [0, 0.1) is 25.7 Å². The third-order valence-electron chi connectivity index (χ3n) is 6.57. The van der Waals surface area contributed by atoms with Crippen LogP contribution < -0.4 is 0 Å². The van der Waals surface area contributed by atoms with E-state index >= 15 is 0 Å². The largest absolute Gasteiger partial charge is 0.480 e. The number of carbonyl (C=O) groups is 1. The molecule has 0 radical (unpaired) electrons. The van der Waals surface area contributed by atoms with Crippen molar-refractivity contribution in [3.05, 3.63) is 65.9 Å². The van der Waals surface area contributed by atoms with Gasteiger partial charge in [-0.05, 0) is 56.9 Å². The first-order chi connectivity index (χ1) is 15.5. The van der Waals surface area contributed by atoms with Crippen molar-refractivity contribution in [2.75, 3.05) is 13.2 Å². The molecule has 0 aliphatic heterocycles. The summed E-state index contributed by atoms with van der Waals surface area (Å²) in [4.78, 5) is 10.6. The van der Waals surface area contributed by atoms with E-state index in [4.69, 9.17) is 14.9 Å². The second-order valence-electron chi connectivity index (χ2n) is 9.02. The highest BCUT2D eigenvalue weighted by molar-refractivity contribution is 5.82. The Balaban J connectivity index is 1.51. The Morgan fingerprint density at radius 3 is 2.28 bits per heavy atom. The maximum absolute atomic E-state index is 10.6. The molecule has 0 saturated heterocycles. The molecule has 1 N–H and O–H groups in total. The number of aryl methyl sites for hydroxylation is 1. The van der Waals surface area contributed by atoms with E-state index in [0.717, 1.165) is 43.5 Å². The van der Waals surface area contributed by atoms with E-state index in [9.17, 15) is 4.79 Å². The summed E-state index contributed by atoms with van der Waals surface area (Å²) in [5.74, 6) is 0.151. The maximum atomic E-state index is 10.6. The minimum Gasteiger partial charge on any atom is -0.480 e. The zero-order valence-electron chi connectivity index (χ0n) is 19.0. The first kappa shape index (κ1) is 22.3. The van der Waals surface area contributed by atoms with Crippen LogP contribution in [0.2, 0.25) is 0 Å². The molecule has 1 aromatic heterocycles. The Hall–Kier alpha value is -2.92. The zero-order chi connectivity index (χ0) is 22.5. The predicted molar refractivity (Wildman–Crippen MR) is 126 cm³/mol. The number of ether oxygens (including phenoxy) is 1. The third-order valence-corrected chi connectivity index (χ3v) is 6.57. The smallest absolute Gasteiger partial charge is 0.329 e. The summed E-state index contributed by atoms with van der Waals surface area (Å²) in [6.45, 7) is 5.56. The minimum absolute atomic E-state index is 0.198. The fraction of sp³-hybridized carbons (Fsp3) is 0.407. The number of benzene rings is 2. The number of nitrogens with zero attached hydrogens (tertiary/aromatic N) is 2. The molecule has 5 nitrogen and oxygen atoms in total. The monoisotopic (exact) mass is 432 g/mol. The van der Waals surface area contributed by atoms with Gasteiger partial charge in [-0.3, -0.25) is 4.68 Å². The van der Waals surface area contributed by atoms with Crippen molar-refractivity contribution < 1.29 is 14.6 Å². The molecule has 2 aromatic carbocycles. The molecule has 1 saturated carbocycles. The maximum Gasteiger partial charge on any atom is 0.329 e. The summed E-state index contributed by atoms with van der Waals surface area (Å²) >= 11 is 0. The van der Waals surface area contributed by atoms with E-state index < -0.39 is 5.97 Å². The van der Waals surface area contributed by atoms with E-state index in [0.29, 0.717) is 18.4 Å². The van der Waals surface area contributed by atoms with Gasteiger partial charge in [-0.2, -0.15) is 5.10 Å². The number of hydrogen-bond acceptors (Lipinski definition) is 3. The lowest BCUT2D eigenvalue weighted by atomic mass is 9.82. The van der Waals surface area contributed by atoms with Gasteiger partial charge in [0.25, 0.3) is 0 Å². The molecule has 1 aliphatic carbocycles. The molecule has 32 heavy (non-hydrogen) atoms. The average molecular weight is 433 g/mol. The van der Waals surface area contributed by atoms with Crippen LogP contribution in [0.4, 0.5) is 0 Å². The van der Waals surface area contributed by atoms with Gasteiger partial charge in [-0.15, -0.1) is 0 Å². The van der Waals surface area contributed by atoms with Gasteiger partial charge in [-0.25, -0.2) is 4.79 Å². The molecular formula is C27H32N2O3. The topological polar surface area (TPSA) is 64.4 Å². The van der Waals surface area contributed by atoms with E-state index in [2.05, 4.69) is 67.1 Å². The van der Waals surface area contributed by atoms with Gasteiger partial charge in [0.1, 0.15) is 12.3 Å². The highest BCUT2D eigenvalue weighted by atomic mass is 16.5. The highest BCUT2D eigenvalue weighted by Crippen LogP contribution is 2.36. The van der Waals surface area contributed by atoms with Gasteiger partial charge in [0.15, 0.2) is 0 Å². The third kappa shape index (κ3) is 5.28. The summed E-state index contributed by atoms with van der Waals surface area (Å²) in [6.07, 6.45) is 4.42. The Morgan fingerprint density at radius 1 is 0.969 bits per heavy atom. The van der Waals surface area contributed by atoms with Crippen LogP contribution in [0.3, 0.4) is 0 Å². The number of carboxylic acids is 1. The number of aromatic nitrogens is 2. The molecule has 1 aliphatic rings. The van der Waals surface area contributed by atoms with Crippen molar-refractivity contribution in [1.82, 2.24) is 9.78 Å². The van der Waals surface area contributed by atoms with Crippen LogP contribution in [0.25, 0.3) is 22.4 Å². The van der Waals surface area contributed by atoms with Crippen LogP contribution in [0.15, 0.2) is 54.6 Å². The van der Waals surface area contributed by atoms with Gasteiger partial charge >= 0.3 is 5.97 Å². The molecule has 1 fully saturated rings. The number of carboxylic acid groups (broad SMARTS) is 1.